The van der Waals surface area contributed by atoms with Crippen molar-refractivity contribution in [3.63, 3.8) is 0 Å². The summed E-state index contributed by atoms with van der Waals surface area (Å²) in [5.74, 6) is -0.276. The summed E-state index contributed by atoms with van der Waals surface area (Å²) in [7, 11) is 0. The number of nitrogens with one attached hydrogen (secondary N) is 3. The Labute approximate surface area is 271 Å². The molecule has 2 aromatic heterocycles. The number of aryl methyl sites for hydroxylation is 1. The number of alkyl halides is 1. The lowest BCUT2D eigenvalue weighted by atomic mass is 10.1. The molecule has 0 aliphatic heterocycles. The lowest BCUT2D eigenvalue weighted by molar-refractivity contribution is -0.384. The Kier molecular flexibility index (Phi) is 8.84. The third kappa shape index (κ3) is 7.24. The van der Waals surface area contributed by atoms with Crippen molar-refractivity contribution in [2.45, 2.75) is 13.0 Å². The SMILES string of the molecule is O=C(OCc1ccc([N+](=O)[O-])cc1)Oc1ccc(CCCl)c(NC(=O)c2cc3cc(NC(=O)c4cc5ccccc5o4)ccc3[nH]2)c1. The number of nitro groups is 1. The van der Waals surface area contributed by atoms with Crippen LogP contribution in [0.2, 0.25) is 0 Å². The highest BCUT2D eigenvalue weighted by atomic mass is 35.5. The quantitative estimate of drug-likeness (QED) is 0.0443. The number of carbonyl (C=O) groups is 3. The second-order valence-electron chi connectivity index (χ2n) is 10.4. The molecule has 0 atom stereocenters. The van der Waals surface area contributed by atoms with E-state index in [0.29, 0.717) is 45.4 Å². The average molecular weight is 653 g/mol. The van der Waals surface area contributed by atoms with E-state index >= 15 is 0 Å². The van der Waals surface area contributed by atoms with Gasteiger partial charge in [0.15, 0.2) is 5.76 Å². The number of rotatable bonds is 10. The molecule has 0 aliphatic rings. The van der Waals surface area contributed by atoms with E-state index < -0.39 is 22.9 Å². The maximum atomic E-state index is 13.3. The highest BCUT2D eigenvalue weighted by Crippen LogP contribution is 2.27. The van der Waals surface area contributed by atoms with Crippen molar-refractivity contribution >= 4 is 68.5 Å². The second kappa shape index (κ2) is 13.5. The van der Waals surface area contributed by atoms with E-state index in [9.17, 15) is 24.5 Å². The molecule has 47 heavy (non-hydrogen) atoms. The number of amides is 2. The number of H-pyrrole nitrogens is 1. The zero-order valence-electron chi connectivity index (χ0n) is 24.5. The van der Waals surface area contributed by atoms with Crippen molar-refractivity contribution in [2.24, 2.45) is 0 Å². The van der Waals surface area contributed by atoms with Gasteiger partial charge >= 0.3 is 6.16 Å². The molecule has 2 amide bonds. The normalized spacial score (nSPS) is 10.9. The standard InChI is InChI=1S/C34H25ClN4O8/c35-14-13-21-7-11-26(46-34(42)45-19-20-5-9-25(10-6-20)39(43)44)18-28(21)38-32(40)29-16-23-15-24(8-12-27(23)37-29)36-33(41)31-17-22-3-1-2-4-30(22)47-31/h1-12,15-18,37H,13-14,19H2,(H,36,41)(H,38,40). The number of para-hydroxylation sites is 1. The van der Waals surface area contributed by atoms with Crippen molar-refractivity contribution in [3.05, 3.63) is 130 Å². The van der Waals surface area contributed by atoms with Gasteiger partial charge in [0.1, 0.15) is 23.6 Å². The number of benzene rings is 4. The monoisotopic (exact) mass is 652 g/mol. The molecule has 0 aliphatic carbocycles. The predicted octanol–water partition coefficient (Wildman–Crippen LogP) is 7.82. The van der Waals surface area contributed by atoms with Crippen LogP contribution >= 0.6 is 11.6 Å². The molecule has 3 N–H and O–H groups in total. The van der Waals surface area contributed by atoms with Crippen LogP contribution in [0.3, 0.4) is 0 Å². The summed E-state index contributed by atoms with van der Waals surface area (Å²) in [6, 6.07) is 26.1. The van der Waals surface area contributed by atoms with Crippen LogP contribution in [0, 0.1) is 10.1 Å². The molecule has 0 saturated heterocycles. The minimum absolute atomic E-state index is 0.0799. The molecule has 6 rings (SSSR count). The molecule has 6 aromatic rings. The second-order valence-corrected chi connectivity index (χ2v) is 10.7. The summed E-state index contributed by atoms with van der Waals surface area (Å²) in [6.45, 7) is -0.156. The van der Waals surface area contributed by atoms with Crippen LogP contribution in [0.25, 0.3) is 21.9 Å². The third-order valence-corrected chi connectivity index (χ3v) is 7.36. The fourth-order valence-electron chi connectivity index (χ4n) is 4.85. The van der Waals surface area contributed by atoms with Crippen LogP contribution in [0.5, 0.6) is 5.75 Å². The maximum absolute atomic E-state index is 13.3. The highest BCUT2D eigenvalue weighted by Gasteiger charge is 2.17. The number of non-ortho nitro benzene ring substituents is 1. The number of aromatic nitrogens is 1. The number of fused-ring (bicyclic) bond motifs is 2. The molecule has 0 saturated carbocycles. The van der Waals surface area contributed by atoms with Crippen molar-refractivity contribution < 1.29 is 33.2 Å². The number of furan rings is 1. The molecule has 13 heteroatoms. The van der Waals surface area contributed by atoms with Gasteiger partial charge in [-0.1, -0.05) is 24.3 Å². The molecule has 4 aromatic carbocycles. The van der Waals surface area contributed by atoms with Crippen molar-refractivity contribution in [1.82, 2.24) is 4.98 Å². The summed E-state index contributed by atoms with van der Waals surface area (Å²) < 4.78 is 16.1. The van der Waals surface area contributed by atoms with Crippen LogP contribution in [0.1, 0.15) is 32.2 Å². The van der Waals surface area contributed by atoms with E-state index in [1.54, 1.807) is 48.5 Å². The molecule has 12 nitrogen and oxygen atoms in total. The number of nitro benzene ring substituents is 1. The van der Waals surface area contributed by atoms with Gasteiger partial charge in [-0.2, -0.15) is 0 Å². The number of aromatic amines is 1. The zero-order valence-corrected chi connectivity index (χ0v) is 25.2. The lowest BCUT2D eigenvalue weighted by Crippen LogP contribution is -2.15. The summed E-state index contributed by atoms with van der Waals surface area (Å²) in [6.07, 6.45) is -0.562. The Bertz CT molecular complexity index is 2100. The smallest absolute Gasteiger partial charge is 0.451 e. The topological polar surface area (TPSA) is 166 Å². The first-order chi connectivity index (χ1) is 22.7. The van der Waals surface area contributed by atoms with E-state index in [-0.39, 0.29) is 35.4 Å². The van der Waals surface area contributed by atoms with E-state index in [4.69, 9.17) is 25.5 Å². The van der Waals surface area contributed by atoms with Gasteiger partial charge in [0.05, 0.1) is 4.92 Å². The fraction of sp³-hybridized carbons (Fsp3) is 0.0882. The molecule has 0 bridgehead atoms. The first-order valence-electron chi connectivity index (χ1n) is 14.3. The summed E-state index contributed by atoms with van der Waals surface area (Å²) in [5.41, 5.74) is 3.61. The van der Waals surface area contributed by atoms with Crippen LogP contribution in [0.15, 0.2) is 101 Å². The number of hydrogen-bond donors (Lipinski definition) is 3. The van der Waals surface area contributed by atoms with Gasteiger partial charge in [-0.25, -0.2) is 4.79 Å². The number of nitrogens with zero attached hydrogens (tertiary/aromatic N) is 1. The van der Waals surface area contributed by atoms with Gasteiger partial charge in [0.2, 0.25) is 0 Å². The fourth-order valence-corrected chi connectivity index (χ4v) is 5.05. The summed E-state index contributed by atoms with van der Waals surface area (Å²) in [4.78, 5) is 51.8. The van der Waals surface area contributed by atoms with Crippen LogP contribution in [-0.2, 0) is 17.8 Å². The minimum Gasteiger partial charge on any atom is -0.451 e. The molecule has 0 unspecified atom stereocenters. The van der Waals surface area contributed by atoms with Gasteiger partial charge in [-0.3, -0.25) is 19.7 Å². The number of anilines is 2. The largest absolute Gasteiger partial charge is 0.514 e. The Morgan fingerprint density at radius 2 is 1.68 bits per heavy atom. The molecular weight excluding hydrogens is 628 g/mol. The van der Waals surface area contributed by atoms with Gasteiger partial charge in [0.25, 0.3) is 17.5 Å². The van der Waals surface area contributed by atoms with Crippen molar-refractivity contribution in [2.75, 3.05) is 16.5 Å². The molecule has 236 valence electrons. The van der Waals surface area contributed by atoms with Crippen molar-refractivity contribution in [1.29, 1.82) is 0 Å². The average Bonchev–Trinajstić information content (AvgIpc) is 3.70. The Morgan fingerprint density at radius 1 is 0.872 bits per heavy atom. The number of halogens is 1. The first kappa shape index (κ1) is 30.9. The van der Waals surface area contributed by atoms with Crippen molar-refractivity contribution in [3.8, 4) is 5.75 Å². The van der Waals surface area contributed by atoms with Gasteiger partial charge in [-0.05, 0) is 72.1 Å². The number of carbonyl (C=O) groups excluding carboxylic acids is 3. The molecule has 0 fully saturated rings. The van der Waals surface area contributed by atoms with E-state index in [1.807, 2.05) is 18.2 Å². The minimum atomic E-state index is -0.996. The summed E-state index contributed by atoms with van der Waals surface area (Å²) in [5, 5.41) is 18.0. The van der Waals surface area contributed by atoms with Gasteiger partial charge in [0, 0.05) is 51.7 Å². The van der Waals surface area contributed by atoms with Gasteiger partial charge in [-0.15, -0.1) is 11.6 Å². The molecular formula is C34H25ClN4O8. The molecule has 0 spiro atoms. The lowest BCUT2D eigenvalue weighted by Gasteiger charge is -2.12. The van der Waals surface area contributed by atoms with E-state index in [2.05, 4.69) is 15.6 Å². The Balaban J connectivity index is 1.12. The maximum Gasteiger partial charge on any atom is 0.514 e. The number of hydrogen-bond acceptors (Lipinski definition) is 8. The van der Waals surface area contributed by atoms with E-state index in [0.717, 1.165) is 5.39 Å². The summed E-state index contributed by atoms with van der Waals surface area (Å²) >= 11 is 5.98. The highest BCUT2D eigenvalue weighted by molar-refractivity contribution is 6.18. The van der Waals surface area contributed by atoms with Crippen LogP contribution in [0.4, 0.5) is 21.9 Å². The van der Waals surface area contributed by atoms with Crippen LogP contribution < -0.4 is 15.4 Å². The zero-order chi connectivity index (χ0) is 32.9. The molecule has 2 heterocycles. The third-order valence-electron chi connectivity index (χ3n) is 7.17. The Morgan fingerprint density at radius 3 is 2.45 bits per heavy atom. The predicted molar refractivity (Wildman–Crippen MR) is 175 cm³/mol. The van der Waals surface area contributed by atoms with Gasteiger partial charge < -0.3 is 29.5 Å². The number of ether oxygens (including phenoxy) is 2. The Hall–Kier alpha value is -6.14. The molecule has 0 radical (unpaired) electrons. The first-order valence-corrected chi connectivity index (χ1v) is 14.8. The van der Waals surface area contributed by atoms with E-state index in [1.165, 1.54) is 30.3 Å². The van der Waals surface area contributed by atoms with Crippen LogP contribution in [-0.4, -0.2) is 33.8 Å².